The van der Waals surface area contributed by atoms with Crippen LogP contribution in [0.4, 0.5) is 0 Å². The van der Waals surface area contributed by atoms with Gasteiger partial charge in [-0.3, -0.25) is 20.4 Å². The summed E-state index contributed by atoms with van der Waals surface area (Å²) in [4.78, 5) is 25.2. The summed E-state index contributed by atoms with van der Waals surface area (Å²) in [6.07, 6.45) is 1.54. The molecule has 0 atom stereocenters. The van der Waals surface area contributed by atoms with E-state index in [2.05, 4.69) is 16.0 Å². The minimum absolute atomic E-state index is 0.257. The zero-order chi connectivity index (χ0) is 20.2. The average Bonchev–Trinajstić information content (AvgIpc) is 3.42. The van der Waals surface area contributed by atoms with E-state index in [1.54, 1.807) is 36.6 Å². The summed E-state index contributed by atoms with van der Waals surface area (Å²) in [7, 11) is 0. The van der Waals surface area contributed by atoms with Crippen LogP contribution in [0.1, 0.15) is 26.4 Å². The highest BCUT2D eigenvalue weighted by Gasteiger charge is 2.19. The molecule has 144 valence electrons. The molecular weight excluding hydrogens is 368 g/mol. The predicted molar refractivity (Wildman–Crippen MR) is 107 cm³/mol. The molecule has 7 nitrogen and oxygen atoms in total. The van der Waals surface area contributed by atoms with Crippen LogP contribution in [-0.2, 0) is 0 Å². The van der Waals surface area contributed by atoms with Gasteiger partial charge in [0.2, 0.25) is 0 Å². The van der Waals surface area contributed by atoms with Gasteiger partial charge in [0, 0.05) is 11.6 Å². The van der Waals surface area contributed by atoms with Crippen molar-refractivity contribution in [1.82, 2.24) is 20.6 Å². The van der Waals surface area contributed by atoms with Crippen LogP contribution in [0.3, 0.4) is 0 Å². The summed E-state index contributed by atoms with van der Waals surface area (Å²) in [5.41, 5.74) is 7.70. The zero-order valence-electron chi connectivity index (χ0n) is 15.6. The Hall–Kier alpha value is -4.13. The molecule has 0 saturated carbocycles. The third kappa shape index (κ3) is 3.79. The van der Waals surface area contributed by atoms with Gasteiger partial charge < -0.3 is 4.42 Å². The number of hydrazine groups is 1. The number of carbonyl (C=O) groups excluding carboxylic acids is 2. The van der Waals surface area contributed by atoms with Gasteiger partial charge in [0.1, 0.15) is 11.4 Å². The number of aromatic nitrogens is 2. The number of hydrogen-bond acceptors (Lipinski definition) is 4. The number of nitrogens with zero attached hydrogens (tertiary/aromatic N) is 2. The van der Waals surface area contributed by atoms with E-state index in [0.29, 0.717) is 22.7 Å². The van der Waals surface area contributed by atoms with Crippen molar-refractivity contribution in [3.8, 4) is 17.1 Å². The van der Waals surface area contributed by atoms with Crippen LogP contribution in [0.15, 0.2) is 83.5 Å². The summed E-state index contributed by atoms with van der Waals surface area (Å²) in [5.74, 6) is -0.354. The Morgan fingerprint density at radius 1 is 0.897 bits per heavy atom. The Morgan fingerprint density at radius 3 is 2.34 bits per heavy atom. The van der Waals surface area contributed by atoms with E-state index in [-0.39, 0.29) is 5.69 Å². The number of furan rings is 1. The molecule has 4 aromatic rings. The summed E-state index contributed by atoms with van der Waals surface area (Å²) < 4.78 is 6.90. The molecule has 0 aliphatic heterocycles. The standard InChI is InChI=1S/C22H18N4O3/c1-15-8-5-6-11-17(15)21(27)23-24-22(28)19-14-18(20-12-7-13-29-20)25-26(19)16-9-3-2-4-10-16/h2-14H,1H3,(H,23,27)(H,24,28). The third-order valence-electron chi connectivity index (χ3n) is 4.40. The molecule has 2 amide bonds. The van der Waals surface area contributed by atoms with Crippen LogP contribution >= 0.6 is 0 Å². The molecule has 0 saturated heterocycles. The summed E-state index contributed by atoms with van der Waals surface area (Å²) >= 11 is 0. The highest BCUT2D eigenvalue weighted by molar-refractivity contribution is 5.99. The first kappa shape index (κ1) is 18.2. The van der Waals surface area contributed by atoms with Gasteiger partial charge in [-0.2, -0.15) is 5.10 Å². The molecule has 0 aliphatic rings. The summed E-state index contributed by atoms with van der Waals surface area (Å²) in [6.45, 7) is 1.83. The number of para-hydroxylation sites is 1. The molecule has 4 rings (SSSR count). The van der Waals surface area contributed by atoms with E-state index < -0.39 is 11.8 Å². The maximum absolute atomic E-state index is 12.8. The van der Waals surface area contributed by atoms with Crippen molar-refractivity contribution < 1.29 is 14.0 Å². The van der Waals surface area contributed by atoms with E-state index >= 15 is 0 Å². The van der Waals surface area contributed by atoms with Crippen molar-refractivity contribution in [2.24, 2.45) is 0 Å². The molecule has 29 heavy (non-hydrogen) atoms. The number of aryl methyl sites for hydroxylation is 1. The van der Waals surface area contributed by atoms with E-state index in [4.69, 9.17) is 4.42 Å². The van der Waals surface area contributed by atoms with Gasteiger partial charge in [-0.05, 0) is 42.8 Å². The maximum Gasteiger partial charge on any atom is 0.288 e. The highest BCUT2D eigenvalue weighted by Crippen LogP contribution is 2.22. The van der Waals surface area contributed by atoms with Gasteiger partial charge in [0.15, 0.2) is 5.76 Å². The van der Waals surface area contributed by atoms with Gasteiger partial charge >= 0.3 is 0 Å². The zero-order valence-corrected chi connectivity index (χ0v) is 15.6. The van der Waals surface area contributed by atoms with Crippen molar-refractivity contribution in [3.05, 3.63) is 95.9 Å². The lowest BCUT2D eigenvalue weighted by Crippen LogP contribution is -2.42. The molecule has 2 aromatic heterocycles. The Morgan fingerprint density at radius 2 is 1.62 bits per heavy atom. The molecule has 0 radical (unpaired) electrons. The first-order valence-corrected chi connectivity index (χ1v) is 8.99. The van der Waals surface area contributed by atoms with Crippen LogP contribution in [0, 0.1) is 6.92 Å². The molecule has 0 fully saturated rings. The number of carbonyl (C=O) groups is 2. The summed E-state index contributed by atoms with van der Waals surface area (Å²) in [5, 5.41) is 4.49. The topological polar surface area (TPSA) is 89.2 Å². The van der Waals surface area contributed by atoms with Crippen LogP contribution in [0.5, 0.6) is 0 Å². The second kappa shape index (κ2) is 7.85. The molecule has 0 spiro atoms. The number of nitrogens with one attached hydrogen (secondary N) is 2. The van der Waals surface area contributed by atoms with Crippen molar-refractivity contribution in [2.45, 2.75) is 6.92 Å². The fourth-order valence-corrected chi connectivity index (χ4v) is 2.93. The molecular formula is C22H18N4O3. The quantitative estimate of drug-likeness (QED) is 0.525. The number of hydrogen-bond donors (Lipinski definition) is 2. The Labute approximate surface area is 166 Å². The van der Waals surface area contributed by atoms with E-state index in [0.717, 1.165) is 5.56 Å². The molecule has 2 N–H and O–H groups in total. The minimum Gasteiger partial charge on any atom is -0.463 e. The highest BCUT2D eigenvalue weighted by atomic mass is 16.3. The first-order valence-electron chi connectivity index (χ1n) is 8.99. The lowest BCUT2D eigenvalue weighted by Gasteiger charge is -2.10. The van der Waals surface area contributed by atoms with Gasteiger partial charge in [-0.15, -0.1) is 0 Å². The average molecular weight is 386 g/mol. The molecule has 2 aromatic carbocycles. The van der Waals surface area contributed by atoms with Gasteiger partial charge in [0.05, 0.1) is 12.0 Å². The summed E-state index contributed by atoms with van der Waals surface area (Å²) in [6, 6.07) is 21.5. The van der Waals surface area contributed by atoms with Crippen molar-refractivity contribution in [1.29, 1.82) is 0 Å². The van der Waals surface area contributed by atoms with Crippen LogP contribution in [0.2, 0.25) is 0 Å². The van der Waals surface area contributed by atoms with Crippen LogP contribution in [-0.4, -0.2) is 21.6 Å². The Kier molecular flexibility index (Phi) is 4.94. The predicted octanol–water partition coefficient (Wildman–Crippen LogP) is 3.52. The van der Waals surface area contributed by atoms with Crippen molar-refractivity contribution >= 4 is 11.8 Å². The monoisotopic (exact) mass is 386 g/mol. The van der Waals surface area contributed by atoms with Gasteiger partial charge in [0.25, 0.3) is 11.8 Å². The van der Waals surface area contributed by atoms with Gasteiger partial charge in [-0.1, -0.05) is 36.4 Å². The smallest absolute Gasteiger partial charge is 0.288 e. The molecule has 0 bridgehead atoms. The lowest BCUT2D eigenvalue weighted by atomic mass is 10.1. The molecule has 7 heteroatoms. The fraction of sp³-hybridized carbons (Fsp3) is 0.0455. The van der Waals surface area contributed by atoms with Crippen molar-refractivity contribution in [2.75, 3.05) is 0 Å². The number of amides is 2. The second-order valence-electron chi connectivity index (χ2n) is 6.36. The fourth-order valence-electron chi connectivity index (χ4n) is 2.93. The SMILES string of the molecule is Cc1ccccc1C(=O)NNC(=O)c1cc(-c2ccco2)nn1-c1ccccc1. The molecule has 0 aliphatic carbocycles. The minimum atomic E-state index is -0.499. The first-order chi connectivity index (χ1) is 14.1. The third-order valence-corrected chi connectivity index (χ3v) is 4.40. The van der Waals surface area contributed by atoms with E-state index in [1.807, 2.05) is 49.4 Å². The Bertz CT molecular complexity index is 1150. The molecule has 0 unspecified atom stereocenters. The lowest BCUT2D eigenvalue weighted by molar-refractivity contribution is 0.0842. The van der Waals surface area contributed by atoms with Crippen molar-refractivity contribution in [3.63, 3.8) is 0 Å². The maximum atomic E-state index is 12.8. The largest absolute Gasteiger partial charge is 0.463 e. The van der Waals surface area contributed by atoms with Gasteiger partial charge in [-0.25, -0.2) is 4.68 Å². The second-order valence-corrected chi connectivity index (χ2v) is 6.36. The normalized spacial score (nSPS) is 10.5. The Balaban J connectivity index is 1.60. The van der Waals surface area contributed by atoms with E-state index in [9.17, 15) is 9.59 Å². The number of rotatable bonds is 4. The van der Waals surface area contributed by atoms with Crippen LogP contribution < -0.4 is 10.9 Å². The van der Waals surface area contributed by atoms with E-state index in [1.165, 1.54) is 4.68 Å². The van der Waals surface area contributed by atoms with Crippen LogP contribution in [0.25, 0.3) is 17.1 Å². The molecule has 2 heterocycles. The number of benzene rings is 2.